The van der Waals surface area contributed by atoms with E-state index in [1.54, 1.807) is 36.4 Å². The van der Waals surface area contributed by atoms with Gasteiger partial charge in [0, 0.05) is 30.9 Å². The Balaban J connectivity index is 2.09. The predicted octanol–water partition coefficient (Wildman–Crippen LogP) is 2.29. The van der Waals surface area contributed by atoms with Gasteiger partial charge in [-0.25, -0.2) is 9.97 Å². The summed E-state index contributed by atoms with van der Waals surface area (Å²) in [5.74, 6) is -0.00622. The maximum atomic E-state index is 12.2. The van der Waals surface area contributed by atoms with Crippen LogP contribution in [0.15, 0.2) is 49.3 Å². The van der Waals surface area contributed by atoms with Crippen molar-refractivity contribution in [3.05, 3.63) is 55.0 Å². The molecule has 2 rings (SSSR count). The van der Waals surface area contributed by atoms with E-state index in [4.69, 9.17) is 0 Å². The molecule has 1 aromatic heterocycles. The zero-order chi connectivity index (χ0) is 16.7. The smallest absolute Gasteiger partial charge is 0.274 e. The highest BCUT2D eigenvalue weighted by Crippen LogP contribution is 2.16. The maximum absolute atomic E-state index is 12.2. The Bertz CT molecular complexity index is 730. The van der Waals surface area contributed by atoms with Crippen LogP contribution in [0.1, 0.15) is 17.4 Å². The van der Waals surface area contributed by atoms with E-state index < -0.39 is 0 Å². The van der Waals surface area contributed by atoms with E-state index in [1.165, 1.54) is 13.3 Å². The van der Waals surface area contributed by atoms with Crippen LogP contribution in [0.2, 0.25) is 0 Å². The van der Waals surface area contributed by atoms with Crippen molar-refractivity contribution in [2.75, 3.05) is 22.5 Å². The largest absolute Gasteiger partial charge is 0.366 e. The molecule has 0 saturated carbocycles. The summed E-state index contributed by atoms with van der Waals surface area (Å²) in [5.41, 5.74) is 1.39. The summed E-state index contributed by atoms with van der Waals surface area (Å²) in [6, 6.07) is 8.41. The maximum Gasteiger partial charge on any atom is 0.274 e. The van der Waals surface area contributed by atoms with Crippen LogP contribution in [-0.4, -0.2) is 28.3 Å². The number of carbonyl (C=O) groups is 2. The Morgan fingerprint density at radius 1 is 1.17 bits per heavy atom. The highest BCUT2D eigenvalue weighted by atomic mass is 16.2. The molecule has 0 aliphatic carbocycles. The second kappa shape index (κ2) is 7.69. The highest BCUT2D eigenvalue weighted by Gasteiger charge is 2.09. The van der Waals surface area contributed by atoms with Crippen LogP contribution in [0.3, 0.4) is 0 Å². The number of carbonyl (C=O) groups excluding carboxylic acids is 2. The topological polar surface area (TPSA) is 96.0 Å². The van der Waals surface area contributed by atoms with E-state index >= 15 is 0 Å². The fourth-order valence-corrected chi connectivity index (χ4v) is 1.83. The molecule has 7 nitrogen and oxygen atoms in total. The predicted molar refractivity (Wildman–Crippen MR) is 89.4 cm³/mol. The molecule has 118 valence electrons. The van der Waals surface area contributed by atoms with Crippen molar-refractivity contribution >= 4 is 29.0 Å². The van der Waals surface area contributed by atoms with Gasteiger partial charge in [0.2, 0.25) is 5.91 Å². The van der Waals surface area contributed by atoms with Gasteiger partial charge in [0.25, 0.3) is 5.91 Å². The average molecular weight is 311 g/mol. The molecule has 2 amide bonds. The average Bonchev–Trinajstić information content (AvgIpc) is 2.53. The Morgan fingerprint density at radius 2 is 1.91 bits per heavy atom. The fraction of sp³-hybridized carbons (Fsp3) is 0.125. The highest BCUT2D eigenvalue weighted by molar-refractivity contribution is 6.03. The van der Waals surface area contributed by atoms with Crippen LogP contribution < -0.4 is 16.0 Å². The molecular formula is C16H17N5O2. The summed E-state index contributed by atoms with van der Waals surface area (Å²) in [6.45, 7) is 5.56. The van der Waals surface area contributed by atoms with Crippen molar-refractivity contribution < 1.29 is 9.59 Å². The van der Waals surface area contributed by atoms with Crippen molar-refractivity contribution in [1.29, 1.82) is 0 Å². The third-order valence-corrected chi connectivity index (χ3v) is 2.77. The number of hydrogen-bond acceptors (Lipinski definition) is 5. The lowest BCUT2D eigenvalue weighted by Crippen LogP contribution is -2.15. The van der Waals surface area contributed by atoms with Crippen LogP contribution in [0, 0.1) is 0 Å². The van der Waals surface area contributed by atoms with Crippen LogP contribution in [-0.2, 0) is 4.79 Å². The first kappa shape index (κ1) is 16.2. The summed E-state index contributed by atoms with van der Waals surface area (Å²) in [5, 5.41) is 8.37. The molecule has 7 heteroatoms. The van der Waals surface area contributed by atoms with E-state index in [-0.39, 0.29) is 17.5 Å². The third kappa shape index (κ3) is 4.92. The third-order valence-electron chi connectivity index (χ3n) is 2.77. The molecule has 1 aromatic carbocycles. The minimum atomic E-state index is -0.367. The molecule has 2 aromatic rings. The van der Waals surface area contributed by atoms with Gasteiger partial charge in [0.15, 0.2) is 0 Å². The number of anilines is 3. The van der Waals surface area contributed by atoms with Crippen LogP contribution in [0.25, 0.3) is 0 Å². The lowest BCUT2D eigenvalue weighted by Gasteiger charge is -2.08. The van der Waals surface area contributed by atoms with Crippen molar-refractivity contribution in [2.24, 2.45) is 0 Å². The van der Waals surface area contributed by atoms with Crippen LogP contribution in [0.5, 0.6) is 0 Å². The van der Waals surface area contributed by atoms with Crippen LogP contribution in [0.4, 0.5) is 17.2 Å². The molecule has 0 bridgehead atoms. The molecule has 0 fully saturated rings. The van der Waals surface area contributed by atoms with Gasteiger partial charge in [-0.1, -0.05) is 12.1 Å². The van der Waals surface area contributed by atoms with Gasteiger partial charge in [-0.3, -0.25) is 9.59 Å². The van der Waals surface area contributed by atoms with Gasteiger partial charge in [-0.15, -0.1) is 6.58 Å². The minimum absolute atomic E-state index is 0.179. The van der Waals surface area contributed by atoms with Gasteiger partial charge in [0.1, 0.15) is 17.8 Å². The second-order valence-electron chi connectivity index (χ2n) is 4.67. The standard InChI is InChI=1S/C16H17N5O2/c1-3-7-17-15-9-14(18-10-19-15)16(23)21-13-6-4-5-12(8-13)20-11(2)22/h3-6,8-10H,1,7H2,2H3,(H,20,22)(H,21,23)(H,17,18,19). The van der Waals surface area contributed by atoms with Gasteiger partial charge in [0.05, 0.1) is 0 Å². The second-order valence-corrected chi connectivity index (χ2v) is 4.67. The molecule has 0 aliphatic rings. The number of aromatic nitrogens is 2. The number of amides is 2. The van der Waals surface area contributed by atoms with Crippen molar-refractivity contribution in [3.8, 4) is 0 Å². The number of rotatable bonds is 6. The SMILES string of the molecule is C=CCNc1cc(C(=O)Nc2cccc(NC(C)=O)c2)ncn1. The molecule has 0 atom stereocenters. The Hall–Kier alpha value is -3.22. The quantitative estimate of drug-likeness (QED) is 0.711. The minimum Gasteiger partial charge on any atom is -0.366 e. The molecule has 0 unspecified atom stereocenters. The monoisotopic (exact) mass is 311 g/mol. The molecule has 0 spiro atoms. The normalized spacial score (nSPS) is 9.78. The molecule has 1 heterocycles. The van der Waals surface area contributed by atoms with Gasteiger partial charge in [-0.05, 0) is 18.2 Å². The van der Waals surface area contributed by atoms with Gasteiger partial charge >= 0.3 is 0 Å². The Kier molecular flexibility index (Phi) is 5.40. The number of hydrogen-bond donors (Lipinski definition) is 3. The Morgan fingerprint density at radius 3 is 2.61 bits per heavy atom. The van der Waals surface area contributed by atoms with Crippen molar-refractivity contribution in [3.63, 3.8) is 0 Å². The first-order valence-corrected chi connectivity index (χ1v) is 6.94. The summed E-state index contributed by atoms with van der Waals surface area (Å²) in [4.78, 5) is 31.3. The summed E-state index contributed by atoms with van der Waals surface area (Å²) in [6.07, 6.45) is 3.00. The van der Waals surface area contributed by atoms with Crippen molar-refractivity contribution in [2.45, 2.75) is 6.92 Å². The molecule has 0 saturated heterocycles. The van der Waals surface area contributed by atoms with Crippen molar-refractivity contribution in [1.82, 2.24) is 9.97 Å². The number of nitrogens with one attached hydrogen (secondary N) is 3. The molecule has 3 N–H and O–H groups in total. The molecule has 0 aliphatic heterocycles. The summed E-state index contributed by atoms with van der Waals surface area (Å²) < 4.78 is 0. The van der Waals surface area contributed by atoms with Crippen LogP contribution >= 0.6 is 0 Å². The summed E-state index contributed by atoms with van der Waals surface area (Å²) >= 11 is 0. The van der Waals surface area contributed by atoms with Gasteiger partial charge in [-0.2, -0.15) is 0 Å². The number of nitrogens with zero attached hydrogens (tertiary/aromatic N) is 2. The zero-order valence-corrected chi connectivity index (χ0v) is 12.7. The van der Waals surface area contributed by atoms with E-state index in [1.807, 2.05) is 0 Å². The van der Waals surface area contributed by atoms with E-state index in [0.717, 1.165) is 0 Å². The number of benzene rings is 1. The van der Waals surface area contributed by atoms with Gasteiger partial charge < -0.3 is 16.0 Å². The van der Waals surface area contributed by atoms with E-state index in [9.17, 15) is 9.59 Å². The zero-order valence-electron chi connectivity index (χ0n) is 12.7. The fourth-order valence-electron chi connectivity index (χ4n) is 1.83. The molecule has 23 heavy (non-hydrogen) atoms. The summed E-state index contributed by atoms with van der Waals surface area (Å²) in [7, 11) is 0. The molecule has 0 radical (unpaired) electrons. The molecular weight excluding hydrogens is 294 g/mol. The van der Waals surface area contributed by atoms with E-state index in [0.29, 0.717) is 23.7 Å². The first-order chi connectivity index (χ1) is 11.1. The lowest BCUT2D eigenvalue weighted by atomic mass is 10.2. The Labute approximate surface area is 133 Å². The van der Waals surface area contributed by atoms with E-state index in [2.05, 4.69) is 32.5 Å². The first-order valence-electron chi connectivity index (χ1n) is 6.94. The lowest BCUT2D eigenvalue weighted by molar-refractivity contribution is -0.114.